The van der Waals surface area contributed by atoms with Crippen molar-refractivity contribution in [2.45, 2.75) is 39.8 Å². The van der Waals surface area contributed by atoms with Gasteiger partial charge in [0.1, 0.15) is 0 Å². The SMILES string of the molecule is CN=C(NCc1cccs1)N1CC(C)(C)C1(C)C. The van der Waals surface area contributed by atoms with Gasteiger partial charge in [-0.3, -0.25) is 4.99 Å². The summed E-state index contributed by atoms with van der Waals surface area (Å²) in [6.07, 6.45) is 0. The molecule has 1 aromatic heterocycles. The molecule has 1 fully saturated rings. The number of hydrogen-bond donors (Lipinski definition) is 1. The number of rotatable bonds is 2. The third-order valence-corrected chi connectivity index (χ3v) is 5.23. The van der Waals surface area contributed by atoms with Gasteiger partial charge in [0.05, 0.1) is 6.54 Å². The van der Waals surface area contributed by atoms with E-state index in [9.17, 15) is 0 Å². The standard InChI is InChI=1S/C14H23N3S/c1-13(2)10-17(14(13,3)4)12(15-5)16-9-11-7-6-8-18-11/h6-8H,9-10H2,1-5H3,(H,15,16). The van der Waals surface area contributed by atoms with Crippen LogP contribution in [0, 0.1) is 5.41 Å². The zero-order chi connectivity index (χ0) is 13.4. The molecule has 1 saturated heterocycles. The highest BCUT2D eigenvalue weighted by Gasteiger charge is 2.53. The van der Waals surface area contributed by atoms with Crippen LogP contribution in [0.2, 0.25) is 0 Å². The predicted octanol–water partition coefficient (Wildman–Crippen LogP) is 2.94. The molecular formula is C14H23N3S. The van der Waals surface area contributed by atoms with Gasteiger partial charge in [-0.1, -0.05) is 19.9 Å². The van der Waals surface area contributed by atoms with Gasteiger partial charge in [-0.05, 0) is 25.3 Å². The van der Waals surface area contributed by atoms with Crippen molar-refractivity contribution in [3.63, 3.8) is 0 Å². The summed E-state index contributed by atoms with van der Waals surface area (Å²) < 4.78 is 0. The van der Waals surface area contributed by atoms with Gasteiger partial charge in [-0.15, -0.1) is 11.3 Å². The summed E-state index contributed by atoms with van der Waals surface area (Å²) >= 11 is 1.78. The second kappa shape index (κ2) is 4.57. The summed E-state index contributed by atoms with van der Waals surface area (Å²) in [5, 5.41) is 5.56. The molecule has 1 aliphatic heterocycles. The topological polar surface area (TPSA) is 27.6 Å². The van der Waals surface area contributed by atoms with Crippen molar-refractivity contribution in [1.82, 2.24) is 10.2 Å². The Bertz CT molecular complexity index is 432. The lowest BCUT2D eigenvalue weighted by Crippen LogP contribution is -2.72. The quantitative estimate of drug-likeness (QED) is 0.657. The van der Waals surface area contributed by atoms with E-state index in [1.54, 1.807) is 11.3 Å². The monoisotopic (exact) mass is 265 g/mol. The molecule has 0 aromatic carbocycles. The lowest BCUT2D eigenvalue weighted by atomic mass is 9.65. The largest absolute Gasteiger partial charge is 0.351 e. The fraction of sp³-hybridized carbons (Fsp3) is 0.643. The number of guanidine groups is 1. The van der Waals surface area contributed by atoms with Crippen molar-refractivity contribution >= 4 is 17.3 Å². The third kappa shape index (κ3) is 2.14. The summed E-state index contributed by atoms with van der Waals surface area (Å²) in [5.74, 6) is 1.01. The van der Waals surface area contributed by atoms with E-state index in [4.69, 9.17) is 0 Å². The normalized spacial score (nSPS) is 21.6. The van der Waals surface area contributed by atoms with Crippen LogP contribution in [0.4, 0.5) is 0 Å². The Balaban J connectivity index is 1.99. The molecule has 0 atom stereocenters. The Morgan fingerprint density at radius 2 is 2.17 bits per heavy atom. The third-order valence-electron chi connectivity index (χ3n) is 4.35. The Labute approximate surface area is 114 Å². The van der Waals surface area contributed by atoms with Crippen LogP contribution >= 0.6 is 11.3 Å². The number of nitrogens with one attached hydrogen (secondary N) is 1. The van der Waals surface area contributed by atoms with Crippen molar-refractivity contribution in [3.05, 3.63) is 22.4 Å². The Hall–Kier alpha value is -1.03. The van der Waals surface area contributed by atoms with E-state index < -0.39 is 0 Å². The van der Waals surface area contributed by atoms with Gasteiger partial charge in [-0.25, -0.2) is 0 Å². The van der Waals surface area contributed by atoms with Crippen LogP contribution in [0.5, 0.6) is 0 Å². The van der Waals surface area contributed by atoms with Crippen molar-refractivity contribution in [2.75, 3.05) is 13.6 Å². The van der Waals surface area contributed by atoms with Crippen molar-refractivity contribution < 1.29 is 0 Å². The maximum atomic E-state index is 4.41. The molecular weight excluding hydrogens is 242 g/mol. The summed E-state index contributed by atoms with van der Waals surface area (Å²) in [4.78, 5) is 8.11. The zero-order valence-corrected chi connectivity index (χ0v) is 12.8. The van der Waals surface area contributed by atoms with E-state index in [-0.39, 0.29) is 5.54 Å². The number of nitrogens with zero attached hydrogens (tertiary/aromatic N) is 2. The smallest absolute Gasteiger partial charge is 0.194 e. The minimum atomic E-state index is 0.157. The Morgan fingerprint density at radius 1 is 1.44 bits per heavy atom. The first-order chi connectivity index (χ1) is 8.38. The zero-order valence-electron chi connectivity index (χ0n) is 11.9. The molecule has 0 aliphatic carbocycles. The minimum Gasteiger partial charge on any atom is -0.351 e. The lowest BCUT2D eigenvalue weighted by Gasteiger charge is -2.62. The van der Waals surface area contributed by atoms with Crippen molar-refractivity contribution in [2.24, 2.45) is 10.4 Å². The highest BCUT2D eigenvalue weighted by Crippen LogP contribution is 2.46. The molecule has 1 aliphatic rings. The van der Waals surface area contributed by atoms with E-state index in [0.29, 0.717) is 5.41 Å². The van der Waals surface area contributed by atoms with Gasteiger partial charge < -0.3 is 10.2 Å². The number of thiophene rings is 1. The second-order valence-electron chi connectivity index (χ2n) is 6.01. The Kier molecular flexibility index (Phi) is 3.41. The maximum Gasteiger partial charge on any atom is 0.194 e. The van der Waals surface area contributed by atoms with Gasteiger partial charge in [0, 0.05) is 29.4 Å². The number of hydrogen-bond acceptors (Lipinski definition) is 2. The highest BCUT2D eigenvalue weighted by molar-refractivity contribution is 7.09. The molecule has 0 radical (unpaired) electrons. The first-order valence-corrected chi connectivity index (χ1v) is 7.27. The molecule has 1 aromatic rings. The molecule has 1 N–H and O–H groups in total. The predicted molar refractivity (Wildman–Crippen MR) is 79.1 cm³/mol. The van der Waals surface area contributed by atoms with Crippen LogP contribution in [0.1, 0.15) is 32.6 Å². The van der Waals surface area contributed by atoms with E-state index in [0.717, 1.165) is 19.0 Å². The van der Waals surface area contributed by atoms with Crippen LogP contribution in [-0.2, 0) is 6.54 Å². The van der Waals surface area contributed by atoms with E-state index in [1.807, 2.05) is 7.05 Å². The van der Waals surface area contributed by atoms with Crippen LogP contribution in [0.3, 0.4) is 0 Å². The van der Waals surface area contributed by atoms with Crippen LogP contribution in [-0.4, -0.2) is 30.0 Å². The maximum absolute atomic E-state index is 4.41. The van der Waals surface area contributed by atoms with Crippen LogP contribution in [0.15, 0.2) is 22.5 Å². The molecule has 2 rings (SSSR count). The molecule has 0 saturated carbocycles. The molecule has 100 valence electrons. The average molecular weight is 265 g/mol. The highest BCUT2D eigenvalue weighted by atomic mass is 32.1. The fourth-order valence-electron chi connectivity index (χ4n) is 2.27. The molecule has 18 heavy (non-hydrogen) atoms. The molecule has 0 bridgehead atoms. The van der Waals surface area contributed by atoms with E-state index >= 15 is 0 Å². The lowest BCUT2D eigenvalue weighted by molar-refractivity contribution is -0.0667. The molecule has 4 heteroatoms. The van der Waals surface area contributed by atoms with Gasteiger partial charge in [0.2, 0.25) is 0 Å². The fourth-order valence-corrected chi connectivity index (χ4v) is 2.92. The van der Waals surface area contributed by atoms with E-state index in [2.05, 4.69) is 60.4 Å². The van der Waals surface area contributed by atoms with Crippen LogP contribution < -0.4 is 5.32 Å². The Morgan fingerprint density at radius 3 is 2.61 bits per heavy atom. The van der Waals surface area contributed by atoms with Gasteiger partial charge >= 0.3 is 0 Å². The molecule has 3 nitrogen and oxygen atoms in total. The first kappa shape index (κ1) is 13.4. The van der Waals surface area contributed by atoms with Gasteiger partial charge in [0.25, 0.3) is 0 Å². The summed E-state index contributed by atoms with van der Waals surface area (Å²) in [5.41, 5.74) is 0.498. The first-order valence-electron chi connectivity index (χ1n) is 6.39. The summed E-state index contributed by atoms with van der Waals surface area (Å²) in [6, 6.07) is 4.23. The number of aliphatic imine (C=N–C) groups is 1. The summed E-state index contributed by atoms with van der Waals surface area (Å²) in [6.45, 7) is 11.1. The molecule has 0 amide bonds. The average Bonchev–Trinajstić information content (AvgIpc) is 2.81. The molecule has 0 unspecified atom stereocenters. The molecule has 2 heterocycles. The van der Waals surface area contributed by atoms with E-state index in [1.165, 1.54) is 4.88 Å². The molecule has 0 spiro atoms. The van der Waals surface area contributed by atoms with Crippen molar-refractivity contribution in [1.29, 1.82) is 0 Å². The van der Waals surface area contributed by atoms with Crippen LogP contribution in [0.25, 0.3) is 0 Å². The van der Waals surface area contributed by atoms with Gasteiger partial charge in [0.15, 0.2) is 5.96 Å². The second-order valence-corrected chi connectivity index (χ2v) is 7.04. The van der Waals surface area contributed by atoms with Crippen molar-refractivity contribution in [3.8, 4) is 0 Å². The summed E-state index contributed by atoms with van der Waals surface area (Å²) in [7, 11) is 1.86. The minimum absolute atomic E-state index is 0.157. The van der Waals surface area contributed by atoms with Gasteiger partial charge in [-0.2, -0.15) is 0 Å². The number of likely N-dealkylation sites (tertiary alicyclic amines) is 1.